The lowest BCUT2D eigenvalue weighted by atomic mass is 9.90. The van der Waals surface area contributed by atoms with Crippen LogP contribution in [0.1, 0.15) is 25.7 Å². The second-order valence-electron chi connectivity index (χ2n) is 4.18. The summed E-state index contributed by atoms with van der Waals surface area (Å²) >= 11 is 0. The monoisotopic (exact) mass is 212 g/mol. The molecule has 15 heavy (non-hydrogen) atoms. The summed E-state index contributed by atoms with van der Waals surface area (Å²) < 4.78 is 0. The summed E-state index contributed by atoms with van der Waals surface area (Å²) in [4.78, 5) is 24.5. The van der Waals surface area contributed by atoms with Gasteiger partial charge < -0.3 is 5.11 Å². The van der Waals surface area contributed by atoms with Crippen LogP contribution in [0, 0.1) is 0 Å². The molecule has 1 atom stereocenters. The molecule has 1 saturated heterocycles. The highest BCUT2D eigenvalue weighted by Crippen LogP contribution is 2.28. The molecule has 5 heteroatoms. The van der Waals surface area contributed by atoms with Gasteiger partial charge in [0, 0.05) is 12.6 Å². The van der Waals surface area contributed by atoms with Gasteiger partial charge in [-0.05, 0) is 12.8 Å². The van der Waals surface area contributed by atoms with E-state index in [-0.39, 0.29) is 30.9 Å². The number of rotatable bonds is 4. The first-order valence-corrected chi connectivity index (χ1v) is 5.42. The molecule has 1 aliphatic heterocycles. The topological polar surface area (TPSA) is 69.6 Å². The smallest absolute Gasteiger partial charge is 0.244 e. The Balaban J connectivity index is 2.03. The maximum Gasteiger partial charge on any atom is 0.244 e. The molecular formula is C10H16N2O3. The van der Waals surface area contributed by atoms with E-state index < -0.39 is 0 Å². The van der Waals surface area contributed by atoms with Crippen molar-refractivity contribution in [3.63, 3.8) is 0 Å². The average Bonchev–Trinajstić information content (AvgIpc) is 2.41. The molecule has 1 aliphatic carbocycles. The fourth-order valence-electron chi connectivity index (χ4n) is 2.23. The number of amides is 2. The van der Waals surface area contributed by atoms with Crippen LogP contribution in [0.2, 0.25) is 0 Å². The van der Waals surface area contributed by atoms with E-state index in [1.807, 2.05) is 4.90 Å². The summed E-state index contributed by atoms with van der Waals surface area (Å²) in [5.74, 6) is -0.410. The highest BCUT2D eigenvalue weighted by molar-refractivity contribution is 6.05. The summed E-state index contributed by atoms with van der Waals surface area (Å²) in [5, 5.41) is 11.3. The van der Waals surface area contributed by atoms with E-state index in [1.54, 1.807) is 0 Å². The largest absolute Gasteiger partial charge is 0.395 e. The standard InChI is InChI=1S/C10H16N2O3/c13-5-4-12(7-2-1-3-7)8-6-9(14)11-10(8)15/h7-8,13H,1-6H2,(H,11,14,15). The second-order valence-corrected chi connectivity index (χ2v) is 4.18. The quantitative estimate of drug-likeness (QED) is 0.601. The van der Waals surface area contributed by atoms with Gasteiger partial charge in [0.25, 0.3) is 0 Å². The third kappa shape index (κ3) is 2.03. The molecule has 2 rings (SSSR count). The zero-order valence-corrected chi connectivity index (χ0v) is 8.61. The molecule has 84 valence electrons. The average molecular weight is 212 g/mol. The van der Waals surface area contributed by atoms with E-state index in [0.29, 0.717) is 12.6 Å². The zero-order chi connectivity index (χ0) is 10.8. The predicted octanol–water partition coefficient (Wildman–Crippen LogP) is -0.752. The van der Waals surface area contributed by atoms with Crippen molar-refractivity contribution < 1.29 is 14.7 Å². The van der Waals surface area contributed by atoms with Crippen LogP contribution in [0.5, 0.6) is 0 Å². The molecule has 2 aliphatic rings. The molecule has 2 N–H and O–H groups in total. The van der Waals surface area contributed by atoms with Crippen molar-refractivity contribution in [2.24, 2.45) is 0 Å². The predicted molar refractivity (Wildman–Crippen MR) is 53.0 cm³/mol. The van der Waals surface area contributed by atoms with Gasteiger partial charge in [0.2, 0.25) is 11.8 Å². The second kappa shape index (κ2) is 4.28. The van der Waals surface area contributed by atoms with Crippen LogP contribution in [0.4, 0.5) is 0 Å². The Kier molecular flexibility index (Phi) is 3.02. The number of nitrogens with one attached hydrogen (secondary N) is 1. The van der Waals surface area contributed by atoms with Crippen molar-refractivity contribution in [2.75, 3.05) is 13.2 Å². The van der Waals surface area contributed by atoms with E-state index in [0.717, 1.165) is 12.8 Å². The molecule has 1 heterocycles. The summed E-state index contributed by atoms with van der Waals surface area (Å²) in [6.45, 7) is 0.518. The Morgan fingerprint density at radius 2 is 2.13 bits per heavy atom. The van der Waals surface area contributed by atoms with Crippen molar-refractivity contribution >= 4 is 11.8 Å². The van der Waals surface area contributed by atoms with Gasteiger partial charge in [0.1, 0.15) is 0 Å². The molecule has 0 radical (unpaired) electrons. The van der Waals surface area contributed by atoms with Crippen molar-refractivity contribution in [1.82, 2.24) is 10.2 Å². The lowest BCUT2D eigenvalue weighted by molar-refractivity contribution is -0.127. The van der Waals surface area contributed by atoms with Gasteiger partial charge in [-0.25, -0.2) is 0 Å². The number of hydrogen-bond acceptors (Lipinski definition) is 4. The number of carbonyl (C=O) groups is 2. The number of carbonyl (C=O) groups excluding carboxylic acids is 2. The van der Waals surface area contributed by atoms with Crippen molar-refractivity contribution in [2.45, 2.75) is 37.8 Å². The highest BCUT2D eigenvalue weighted by Gasteiger charge is 2.39. The summed E-state index contributed by atoms with van der Waals surface area (Å²) in [6.07, 6.45) is 3.56. The van der Waals surface area contributed by atoms with Crippen LogP contribution in [-0.2, 0) is 9.59 Å². The van der Waals surface area contributed by atoms with Gasteiger partial charge >= 0.3 is 0 Å². The van der Waals surface area contributed by atoms with Gasteiger partial charge in [-0.3, -0.25) is 19.8 Å². The number of aliphatic hydroxyl groups excluding tert-OH is 1. The molecule has 0 bridgehead atoms. The molecule has 0 aromatic carbocycles. The lowest BCUT2D eigenvalue weighted by Crippen LogP contribution is -2.50. The number of imide groups is 1. The minimum atomic E-state index is -0.352. The first-order chi connectivity index (χ1) is 7.22. The van der Waals surface area contributed by atoms with Gasteiger partial charge in [-0.1, -0.05) is 6.42 Å². The third-order valence-corrected chi connectivity index (χ3v) is 3.25. The molecule has 1 saturated carbocycles. The number of nitrogens with zero attached hydrogens (tertiary/aromatic N) is 1. The Hall–Kier alpha value is -0.940. The van der Waals surface area contributed by atoms with Crippen molar-refractivity contribution in [1.29, 1.82) is 0 Å². The first-order valence-electron chi connectivity index (χ1n) is 5.42. The number of aliphatic hydroxyl groups is 1. The first kappa shape index (κ1) is 10.6. The maximum atomic E-state index is 11.5. The Bertz CT molecular complexity index is 276. The van der Waals surface area contributed by atoms with E-state index in [9.17, 15) is 9.59 Å². The molecule has 1 unspecified atom stereocenters. The van der Waals surface area contributed by atoms with Crippen molar-refractivity contribution in [3.8, 4) is 0 Å². The molecule has 5 nitrogen and oxygen atoms in total. The van der Waals surface area contributed by atoms with Crippen LogP contribution < -0.4 is 5.32 Å². The highest BCUT2D eigenvalue weighted by atomic mass is 16.3. The van der Waals surface area contributed by atoms with E-state index in [4.69, 9.17) is 5.11 Å². The van der Waals surface area contributed by atoms with Gasteiger partial charge in [0.15, 0.2) is 0 Å². The Morgan fingerprint density at radius 3 is 2.53 bits per heavy atom. The fourth-order valence-corrected chi connectivity index (χ4v) is 2.23. The summed E-state index contributed by atoms with van der Waals surface area (Å²) in [7, 11) is 0. The van der Waals surface area contributed by atoms with Crippen LogP contribution in [-0.4, -0.2) is 47.1 Å². The molecule has 2 fully saturated rings. The van der Waals surface area contributed by atoms with Crippen LogP contribution in [0.3, 0.4) is 0 Å². The molecule has 2 amide bonds. The molecular weight excluding hydrogens is 196 g/mol. The maximum absolute atomic E-state index is 11.5. The summed E-state index contributed by atoms with van der Waals surface area (Å²) in [5.41, 5.74) is 0. The SMILES string of the molecule is O=C1CC(N(CCO)C2CCC2)C(=O)N1. The normalized spacial score (nSPS) is 26.9. The Labute approximate surface area is 88.4 Å². The van der Waals surface area contributed by atoms with Gasteiger partial charge in [-0.2, -0.15) is 0 Å². The van der Waals surface area contributed by atoms with Crippen LogP contribution >= 0.6 is 0 Å². The van der Waals surface area contributed by atoms with E-state index >= 15 is 0 Å². The minimum absolute atomic E-state index is 0.0362. The Morgan fingerprint density at radius 1 is 1.40 bits per heavy atom. The fraction of sp³-hybridized carbons (Fsp3) is 0.800. The van der Waals surface area contributed by atoms with Crippen molar-refractivity contribution in [3.05, 3.63) is 0 Å². The van der Waals surface area contributed by atoms with Crippen LogP contribution in [0.25, 0.3) is 0 Å². The molecule has 0 spiro atoms. The third-order valence-electron chi connectivity index (χ3n) is 3.25. The summed E-state index contributed by atoms with van der Waals surface area (Å²) in [6, 6.07) is 0.0220. The number of hydrogen-bond donors (Lipinski definition) is 2. The minimum Gasteiger partial charge on any atom is -0.395 e. The van der Waals surface area contributed by atoms with E-state index in [1.165, 1.54) is 6.42 Å². The molecule has 0 aromatic rings. The van der Waals surface area contributed by atoms with E-state index in [2.05, 4.69) is 5.32 Å². The van der Waals surface area contributed by atoms with Crippen LogP contribution in [0.15, 0.2) is 0 Å². The van der Waals surface area contributed by atoms with Gasteiger partial charge in [-0.15, -0.1) is 0 Å². The lowest BCUT2D eigenvalue weighted by Gasteiger charge is -2.39. The molecule has 0 aromatic heterocycles. The van der Waals surface area contributed by atoms with Gasteiger partial charge in [0.05, 0.1) is 19.1 Å². The zero-order valence-electron chi connectivity index (χ0n) is 8.61.